The first-order valence-corrected chi connectivity index (χ1v) is 4.24. The van der Waals surface area contributed by atoms with Crippen LogP contribution in [0.25, 0.3) is 0 Å². The smallest absolute Gasteiger partial charge is 0.145 e. The molecule has 1 fully saturated rings. The number of hydrogen-bond donors (Lipinski definition) is 3. The minimum Gasteiger partial charge on any atom is -0.393 e. The van der Waals surface area contributed by atoms with E-state index < -0.39 is 0 Å². The number of nitrogens with two attached hydrogens (primary N) is 1. The Morgan fingerprint density at radius 2 is 2.42 bits per heavy atom. The van der Waals surface area contributed by atoms with Gasteiger partial charge >= 0.3 is 0 Å². The van der Waals surface area contributed by atoms with E-state index in [-0.39, 0.29) is 6.10 Å². The molecule has 1 saturated carbocycles. The molecule has 0 amide bonds. The highest BCUT2D eigenvalue weighted by Gasteiger charge is 2.25. The Bertz CT molecular complexity index is 271. The minimum absolute atomic E-state index is 0.139. The number of rotatable bonds is 1. The summed E-state index contributed by atoms with van der Waals surface area (Å²) in [7, 11) is 0. The van der Waals surface area contributed by atoms with E-state index in [4.69, 9.17) is 5.73 Å². The summed E-state index contributed by atoms with van der Waals surface area (Å²) in [6, 6.07) is 1.85. The molecular formula is C8H13N3O. The number of aliphatic hydroxyl groups excluding tert-OH is 1. The molecule has 4 N–H and O–H groups in total. The predicted molar refractivity (Wildman–Crippen MR) is 45.6 cm³/mol. The van der Waals surface area contributed by atoms with E-state index in [1.54, 1.807) is 0 Å². The van der Waals surface area contributed by atoms with Crippen molar-refractivity contribution in [3.8, 4) is 0 Å². The molecule has 1 aromatic heterocycles. The van der Waals surface area contributed by atoms with Crippen molar-refractivity contribution in [2.45, 2.75) is 31.3 Å². The fraction of sp³-hybridized carbons (Fsp3) is 0.625. The topological polar surface area (TPSA) is 74.9 Å². The molecule has 2 atom stereocenters. The Balaban J connectivity index is 2.11. The molecule has 0 bridgehead atoms. The van der Waals surface area contributed by atoms with Gasteiger partial charge in [0.2, 0.25) is 0 Å². The van der Waals surface area contributed by atoms with E-state index in [1.165, 1.54) is 0 Å². The van der Waals surface area contributed by atoms with E-state index >= 15 is 0 Å². The zero-order chi connectivity index (χ0) is 8.55. The van der Waals surface area contributed by atoms with Crippen molar-refractivity contribution in [3.63, 3.8) is 0 Å². The maximum Gasteiger partial charge on any atom is 0.145 e. The average Bonchev–Trinajstić information content (AvgIpc) is 2.58. The minimum atomic E-state index is -0.139. The predicted octanol–water partition coefficient (Wildman–Crippen LogP) is 0.620. The van der Waals surface area contributed by atoms with Gasteiger partial charge in [-0.3, -0.25) is 5.10 Å². The van der Waals surface area contributed by atoms with Gasteiger partial charge in [0.05, 0.1) is 6.10 Å². The SMILES string of the molecule is Nc1cc([C@@H]2CC[C@H](O)C2)[nH]n1. The van der Waals surface area contributed by atoms with Crippen LogP contribution in [0.1, 0.15) is 30.9 Å². The maximum atomic E-state index is 9.30. The summed E-state index contributed by atoms with van der Waals surface area (Å²) in [5, 5.41) is 16.0. The van der Waals surface area contributed by atoms with Gasteiger partial charge in [-0.25, -0.2) is 0 Å². The summed E-state index contributed by atoms with van der Waals surface area (Å²) < 4.78 is 0. The van der Waals surface area contributed by atoms with Crippen molar-refractivity contribution in [1.82, 2.24) is 10.2 Å². The van der Waals surface area contributed by atoms with Gasteiger partial charge in [0.15, 0.2) is 0 Å². The molecule has 1 aromatic rings. The number of aliphatic hydroxyl groups is 1. The van der Waals surface area contributed by atoms with E-state index in [9.17, 15) is 5.11 Å². The monoisotopic (exact) mass is 167 g/mol. The van der Waals surface area contributed by atoms with Crippen LogP contribution in [0.5, 0.6) is 0 Å². The third kappa shape index (κ3) is 1.30. The van der Waals surface area contributed by atoms with Gasteiger partial charge in [0.25, 0.3) is 0 Å². The molecule has 0 aromatic carbocycles. The zero-order valence-corrected chi connectivity index (χ0v) is 6.83. The van der Waals surface area contributed by atoms with Gasteiger partial charge in [-0.15, -0.1) is 0 Å². The third-order valence-electron chi connectivity index (χ3n) is 2.46. The molecule has 66 valence electrons. The van der Waals surface area contributed by atoms with Crippen molar-refractivity contribution in [2.75, 3.05) is 5.73 Å². The molecule has 2 rings (SSSR count). The van der Waals surface area contributed by atoms with Crippen LogP contribution >= 0.6 is 0 Å². The number of H-pyrrole nitrogens is 1. The van der Waals surface area contributed by atoms with Gasteiger partial charge in [-0.2, -0.15) is 5.10 Å². The fourth-order valence-corrected chi connectivity index (χ4v) is 1.80. The molecule has 0 spiro atoms. The third-order valence-corrected chi connectivity index (χ3v) is 2.46. The Kier molecular flexibility index (Phi) is 1.77. The Labute approximate surface area is 70.8 Å². The standard InChI is InChI=1S/C8H13N3O/c9-8-4-7(10-11-8)5-1-2-6(12)3-5/h4-6,12H,1-3H2,(H3,9,10,11)/t5-,6+/m1/s1. The van der Waals surface area contributed by atoms with Crippen molar-refractivity contribution >= 4 is 5.82 Å². The molecule has 1 aliphatic carbocycles. The first-order chi connectivity index (χ1) is 5.75. The summed E-state index contributed by atoms with van der Waals surface area (Å²) in [5.41, 5.74) is 6.54. The molecular weight excluding hydrogens is 154 g/mol. The molecule has 0 saturated heterocycles. The first-order valence-electron chi connectivity index (χ1n) is 4.24. The molecule has 0 aliphatic heterocycles. The highest BCUT2D eigenvalue weighted by molar-refractivity contribution is 5.30. The lowest BCUT2D eigenvalue weighted by Crippen LogP contribution is -1.99. The normalized spacial score (nSPS) is 29.4. The Morgan fingerprint density at radius 3 is 2.92 bits per heavy atom. The highest BCUT2D eigenvalue weighted by Crippen LogP contribution is 2.33. The lowest BCUT2D eigenvalue weighted by atomic mass is 10.0. The lowest BCUT2D eigenvalue weighted by molar-refractivity contribution is 0.181. The Morgan fingerprint density at radius 1 is 1.58 bits per heavy atom. The fourth-order valence-electron chi connectivity index (χ4n) is 1.80. The van der Waals surface area contributed by atoms with E-state index in [0.29, 0.717) is 11.7 Å². The quantitative estimate of drug-likeness (QED) is 0.574. The van der Waals surface area contributed by atoms with Crippen LogP contribution in [0.2, 0.25) is 0 Å². The summed E-state index contributed by atoms with van der Waals surface area (Å²) in [6.45, 7) is 0. The van der Waals surface area contributed by atoms with E-state index in [1.807, 2.05) is 6.07 Å². The zero-order valence-electron chi connectivity index (χ0n) is 6.83. The van der Waals surface area contributed by atoms with Gasteiger partial charge in [0.1, 0.15) is 5.82 Å². The van der Waals surface area contributed by atoms with Gasteiger partial charge in [0, 0.05) is 17.7 Å². The molecule has 12 heavy (non-hydrogen) atoms. The number of anilines is 1. The molecule has 1 aliphatic rings. The number of aromatic amines is 1. The second-order valence-electron chi connectivity index (χ2n) is 3.41. The van der Waals surface area contributed by atoms with Crippen LogP contribution in [0, 0.1) is 0 Å². The molecule has 4 nitrogen and oxygen atoms in total. The summed E-state index contributed by atoms with van der Waals surface area (Å²) in [6.07, 6.45) is 2.62. The summed E-state index contributed by atoms with van der Waals surface area (Å²) in [5.74, 6) is 0.955. The van der Waals surface area contributed by atoms with Crippen molar-refractivity contribution in [1.29, 1.82) is 0 Å². The second-order valence-corrected chi connectivity index (χ2v) is 3.41. The number of hydrogen-bond acceptors (Lipinski definition) is 3. The summed E-state index contributed by atoms with van der Waals surface area (Å²) in [4.78, 5) is 0. The second kappa shape index (κ2) is 2.79. The maximum absolute atomic E-state index is 9.30. The van der Waals surface area contributed by atoms with E-state index in [0.717, 1.165) is 25.0 Å². The highest BCUT2D eigenvalue weighted by atomic mass is 16.3. The summed E-state index contributed by atoms with van der Waals surface area (Å²) >= 11 is 0. The molecule has 1 heterocycles. The van der Waals surface area contributed by atoms with Gasteiger partial charge < -0.3 is 10.8 Å². The number of nitrogens with zero attached hydrogens (tertiary/aromatic N) is 1. The Hall–Kier alpha value is -1.03. The van der Waals surface area contributed by atoms with Crippen LogP contribution in [0.3, 0.4) is 0 Å². The number of nitrogen functional groups attached to an aromatic ring is 1. The number of aromatic nitrogens is 2. The molecule has 0 radical (unpaired) electrons. The van der Waals surface area contributed by atoms with E-state index in [2.05, 4.69) is 10.2 Å². The van der Waals surface area contributed by atoms with Crippen molar-refractivity contribution in [2.24, 2.45) is 0 Å². The molecule has 4 heteroatoms. The van der Waals surface area contributed by atoms with Gasteiger partial charge in [-0.05, 0) is 19.3 Å². The average molecular weight is 167 g/mol. The van der Waals surface area contributed by atoms with Crippen LogP contribution < -0.4 is 5.73 Å². The molecule has 0 unspecified atom stereocenters. The van der Waals surface area contributed by atoms with Crippen LogP contribution in [0.4, 0.5) is 5.82 Å². The first kappa shape index (κ1) is 7.61. The van der Waals surface area contributed by atoms with Crippen molar-refractivity contribution in [3.05, 3.63) is 11.8 Å². The lowest BCUT2D eigenvalue weighted by Gasteiger charge is -2.04. The largest absolute Gasteiger partial charge is 0.393 e. The van der Waals surface area contributed by atoms with Crippen LogP contribution in [-0.2, 0) is 0 Å². The van der Waals surface area contributed by atoms with Crippen molar-refractivity contribution < 1.29 is 5.11 Å². The number of nitrogens with one attached hydrogen (secondary N) is 1. The van der Waals surface area contributed by atoms with Crippen LogP contribution in [-0.4, -0.2) is 21.4 Å². The van der Waals surface area contributed by atoms with Crippen LogP contribution in [0.15, 0.2) is 6.07 Å². The van der Waals surface area contributed by atoms with Gasteiger partial charge in [-0.1, -0.05) is 0 Å².